The number of aryl methyl sites for hydroxylation is 1. The lowest BCUT2D eigenvalue weighted by molar-refractivity contribution is -0.140. The summed E-state index contributed by atoms with van der Waals surface area (Å²) in [6.07, 6.45) is 3.93. The lowest BCUT2D eigenvalue weighted by atomic mass is 10.0. The molecule has 11 heteroatoms. The van der Waals surface area contributed by atoms with Gasteiger partial charge in [-0.15, -0.1) is 0 Å². The summed E-state index contributed by atoms with van der Waals surface area (Å²) in [4.78, 5) is 30.3. The molecule has 1 aliphatic rings. The van der Waals surface area contributed by atoms with Gasteiger partial charge in [0.1, 0.15) is 18.3 Å². The van der Waals surface area contributed by atoms with Crippen LogP contribution in [0.15, 0.2) is 102 Å². The van der Waals surface area contributed by atoms with Crippen molar-refractivity contribution < 1.29 is 22.7 Å². The van der Waals surface area contributed by atoms with Gasteiger partial charge in [0, 0.05) is 34.6 Å². The summed E-state index contributed by atoms with van der Waals surface area (Å²) in [5.41, 5.74) is 2.45. The molecule has 1 atom stereocenters. The van der Waals surface area contributed by atoms with Crippen LogP contribution in [0.2, 0.25) is 10.0 Å². The maximum absolute atomic E-state index is 14.7. The van der Waals surface area contributed by atoms with Gasteiger partial charge in [-0.05, 0) is 73.9 Å². The number of methoxy groups -OCH3 is 1. The molecule has 1 saturated carbocycles. The fourth-order valence-corrected chi connectivity index (χ4v) is 7.82. The van der Waals surface area contributed by atoms with E-state index in [0.717, 1.165) is 41.1 Å². The SMILES string of the molecule is COc1ccc(N(CC(=O)N(Cc2c(Cl)cccc2Cl)[C@@H](Cc2ccccc2)C(=O)NC2CCCC2)S(=O)(=O)c2ccc(C)cc2)cc1. The number of halogens is 2. The summed E-state index contributed by atoms with van der Waals surface area (Å²) in [7, 11) is -2.72. The third-order valence-electron chi connectivity index (χ3n) is 8.61. The third-order valence-corrected chi connectivity index (χ3v) is 11.1. The topological polar surface area (TPSA) is 96.0 Å². The number of sulfonamides is 1. The molecule has 5 rings (SSSR count). The molecule has 1 N–H and O–H groups in total. The Labute approximate surface area is 292 Å². The number of nitrogens with one attached hydrogen (secondary N) is 1. The van der Waals surface area contributed by atoms with Crippen molar-refractivity contribution in [1.29, 1.82) is 0 Å². The maximum Gasteiger partial charge on any atom is 0.264 e. The van der Waals surface area contributed by atoms with Gasteiger partial charge >= 0.3 is 0 Å². The quantitative estimate of drug-likeness (QED) is 0.159. The Balaban J connectivity index is 1.59. The second-order valence-electron chi connectivity index (χ2n) is 11.9. The van der Waals surface area contributed by atoms with Crippen LogP contribution in [0.4, 0.5) is 5.69 Å². The summed E-state index contributed by atoms with van der Waals surface area (Å²) in [6.45, 7) is 1.16. The van der Waals surface area contributed by atoms with Gasteiger partial charge in [0.2, 0.25) is 11.8 Å². The number of benzene rings is 4. The minimum Gasteiger partial charge on any atom is -0.497 e. The van der Waals surface area contributed by atoms with E-state index in [1.54, 1.807) is 54.6 Å². The summed E-state index contributed by atoms with van der Waals surface area (Å²) < 4.78 is 34.9. The Hall–Kier alpha value is -4.05. The molecular formula is C37H39Cl2N3O5S. The van der Waals surface area contributed by atoms with Crippen molar-refractivity contribution in [1.82, 2.24) is 10.2 Å². The van der Waals surface area contributed by atoms with Crippen molar-refractivity contribution >= 4 is 50.7 Å². The first-order valence-electron chi connectivity index (χ1n) is 15.9. The lowest BCUT2D eigenvalue weighted by Gasteiger charge is -2.34. The largest absolute Gasteiger partial charge is 0.497 e. The van der Waals surface area contributed by atoms with Crippen LogP contribution in [0.1, 0.15) is 42.4 Å². The summed E-state index contributed by atoms with van der Waals surface area (Å²) >= 11 is 13.2. The molecule has 8 nitrogen and oxygen atoms in total. The number of carbonyl (C=O) groups is 2. The van der Waals surface area contributed by atoms with E-state index in [0.29, 0.717) is 21.4 Å². The molecule has 4 aromatic rings. The van der Waals surface area contributed by atoms with Crippen LogP contribution in [0.3, 0.4) is 0 Å². The standard InChI is InChI=1S/C37H39Cl2N3O5S/c1-26-15-21-31(22-16-26)48(45,46)42(29-17-19-30(47-2)20-18-29)25-36(43)41(24-32-33(38)13-8-14-34(32)39)35(23-27-9-4-3-5-10-27)37(44)40-28-11-6-7-12-28/h3-5,8-10,13-22,28,35H,6-7,11-12,23-25H2,1-2H3,(H,40,44)/t35-/m0/s1. The number of hydrogen-bond acceptors (Lipinski definition) is 5. The minimum absolute atomic E-state index is 0.00524. The predicted molar refractivity (Wildman–Crippen MR) is 190 cm³/mol. The molecule has 0 saturated heterocycles. The van der Waals surface area contributed by atoms with Crippen LogP contribution in [-0.4, -0.2) is 50.9 Å². The predicted octanol–water partition coefficient (Wildman–Crippen LogP) is 7.20. The zero-order valence-electron chi connectivity index (χ0n) is 26.9. The van der Waals surface area contributed by atoms with E-state index < -0.39 is 28.5 Å². The highest BCUT2D eigenvalue weighted by atomic mass is 35.5. The van der Waals surface area contributed by atoms with Crippen LogP contribution < -0.4 is 14.4 Å². The molecule has 4 aromatic carbocycles. The van der Waals surface area contributed by atoms with Gasteiger partial charge in [0.05, 0.1) is 17.7 Å². The molecule has 48 heavy (non-hydrogen) atoms. The van der Waals surface area contributed by atoms with Crippen molar-refractivity contribution in [2.24, 2.45) is 0 Å². The number of rotatable bonds is 13. The van der Waals surface area contributed by atoms with Gasteiger partial charge < -0.3 is 15.0 Å². The molecule has 2 amide bonds. The fraction of sp³-hybridized carbons (Fsp3) is 0.297. The highest BCUT2D eigenvalue weighted by molar-refractivity contribution is 7.92. The van der Waals surface area contributed by atoms with Gasteiger partial charge in [-0.25, -0.2) is 8.42 Å². The van der Waals surface area contributed by atoms with Gasteiger partial charge in [-0.2, -0.15) is 0 Å². The molecule has 1 aliphatic carbocycles. The smallest absolute Gasteiger partial charge is 0.264 e. The van der Waals surface area contributed by atoms with Gasteiger partial charge in [0.25, 0.3) is 10.0 Å². The fourth-order valence-electron chi connectivity index (χ4n) is 5.89. The average molecular weight is 709 g/mol. The van der Waals surface area contributed by atoms with E-state index in [1.807, 2.05) is 37.3 Å². The zero-order valence-corrected chi connectivity index (χ0v) is 29.3. The van der Waals surface area contributed by atoms with Crippen molar-refractivity contribution in [3.05, 3.63) is 124 Å². The molecule has 0 bridgehead atoms. The normalized spacial score (nSPS) is 13.9. The number of anilines is 1. The van der Waals surface area contributed by atoms with Crippen LogP contribution in [-0.2, 0) is 32.6 Å². The number of nitrogens with zero attached hydrogens (tertiary/aromatic N) is 2. The van der Waals surface area contributed by atoms with E-state index in [9.17, 15) is 18.0 Å². The first-order valence-corrected chi connectivity index (χ1v) is 18.1. The van der Waals surface area contributed by atoms with Crippen molar-refractivity contribution in [3.63, 3.8) is 0 Å². The average Bonchev–Trinajstić information content (AvgIpc) is 3.60. The Kier molecular flexibility index (Phi) is 11.7. The van der Waals surface area contributed by atoms with E-state index in [1.165, 1.54) is 24.1 Å². The Bertz CT molecular complexity index is 1790. The highest BCUT2D eigenvalue weighted by Gasteiger charge is 2.36. The molecule has 1 fully saturated rings. The van der Waals surface area contributed by atoms with E-state index in [4.69, 9.17) is 27.9 Å². The first-order chi connectivity index (χ1) is 23.1. The number of carbonyl (C=O) groups excluding carboxylic acids is 2. The van der Waals surface area contributed by atoms with Gasteiger partial charge in [0.15, 0.2) is 0 Å². The number of amides is 2. The maximum atomic E-state index is 14.7. The molecular weight excluding hydrogens is 669 g/mol. The van der Waals surface area contributed by atoms with E-state index in [2.05, 4.69) is 5.32 Å². The van der Waals surface area contributed by atoms with Gasteiger partial charge in [-0.1, -0.05) is 90.1 Å². The second-order valence-corrected chi connectivity index (χ2v) is 14.6. The molecule has 0 heterocycles. The lowest BCUT2D eigenvalue weighted by Crippen LogP contribution is -2.54. The molecule has 0 aromatic heterocycles. The molecule has 0 aliphatic heterocycles. The first kappa shape index (κ1) is 35.3. The third kappa shape index (κ3) is 8.50. The molecule has 0 unspecified atom stereocenters. The van der Waals surface area contributed by atoms with Crippen molar-refractivity contribution in [2.75, 3.05) is 18.0 Å². The summed E-state index contributed by atoms with van der Waals surface area (Å²) in [5, 5.41) is 3.82. The Morgan fingerprint density at radius 2 is 1.50 bits per heavy atom. The monoisotopic (exact) mass is 707 g/mol. The molecule has 0 radical (unpaired) electrons. The molecule has 0 spiro atoms. The van der Waals surface area contributed by atoms with Crippen LogP contribution in [0.5, 0.6) is 5.75 Å². The highest BCUT2D eigenvalue weighted by Crippen LogP contribution is 2.30. The Morgan fingerprint density at radius 1 is 0.875 bits per heavy atom. The van der Waals surface area contributed by atoms with E-state index >= 15 is 0 Å². The number of hydrogen-bond donors (Lipinski definition) is 1. The van der Waals surface area contributed by atoms with Crippen LogP contribution in [0, 0.1) is 6.92 Å². The van der Waals surface area contributed by atoms with Crippen LogP contribution >= 0.6 is 23.2 Å². The summed E-state index contributed by atoms with van der Waals surface area (Å²) in [5.74, 6) is -0.390. The van der Waals surface area contributed by atoms with E-state index in [-0.39, 0.29) is 35.5 Å². The van der Waals surface area contributed by atoms with Crippen molar-refractivity contribution in [2.45, 2.75) is 62.6 Å². The van der Waals surface area contributed by atoms with Crippen molar-refractivity contribution in [3.8, 4) is 5.75 Å². The number of ether oxygens (including phenoxy) is 1. The summed E-state index contributed by atoms with van der Waals surface area (Å²) in [6, 6.07) is 26.3. The molecule has 252 valence electrons. The minimum atomic E-state index is -4.24. The van der Waals surface area contributed by atoms with Crippen LogP contribution in [0.25, 0.3) is 0 Å². The van der Waals surface area contributed by atoms with Gasteiger partial charge in [-0.3, -0.25) is 13.9 Å². The second kappa shape index (κ2) is 15.9. The zero-order chi connectivity index (χ0) is 34.3. The Morgan fingerprint density at radius 3 is 2.10 bits per heavy atom.